The molecule has 0 aliphatic heterocycles. The van der Waals surface area contributed by atoms with Crippen LogP contribution in [0.2, 0.25) is 0 Å². The van der Waals surface area contributed by atoms with Crippen molar-refractivity contribution < 1.29 is 14.3 Å². The normalized spacial score (nSPS) is 16.2. The highest BCUT2D eigenvalue weighted by molar-refractivity contribution is 8.04. The lowest BCUT2D eigenvalue weighted by molar-refractivity contribution is 0.112. The van der Waals surface area contributed by atoms with Gasteiger partial charge in [-0.1, -0.05) is 37.5 Å². The molecule has 5 nitrogen and oxygen atoms in total. The van der Waals surface area contributed by atoms with Crippen LogP contribution in [0.25, 0.3) is 0 Å². The Morgan fingerprint density at radius 3 is 2.00 bits per heavy atom. The minimum atomic E-state index is -1.59. The number of hydrogen-bond acceptors (Lipinski definition) is 6. The number of aldehydes is 1. The predicted molar refractivity (Wildman–Crippen MR) is 142 cm³/mol. The molecule has 32 heavy (non-hydrogen) atoms. The SMILES string of the molecule is CCC(C)(Oc1ccc(/C=N/N(C)[PH](=S)C(C)(CC)Oc2ccc(C=O)cc2)cc1)P=S. The second-order valence-corrected chi connectivity index (χ2v) is 12.9. The van der Waals surface area contributed by atoms with Gasteiger partial charge in [0.25, 0.3) is 0 Å². The molecule has 9 heteroatoms. The Morgan fingerprint density at radius 2 is 1.53 bits per heavy atom. The Labute approximate surface area is 203 Å². The summed E-state index contributed by atoms with van der Waals surface area (Å²) in [7, 11) is 2.68. The Morgan fingerprint density at radius 1 is 1.00 bits per heavy atom. The van der Waals surface area contributed by atoms with Gasteiger partial charge in [-0.3, -0.25) is 9.57 Å². The highest BCUT2D eigenvalue weighted by Crippen LogP contribution is 2.45. The molecule has 0 aliphatic carbocycles. The van der Waals surface area contributed by atoms with Gasteiger partial charge in [-0.25, -0.2) is 0 Å². The van der Waals surface area contributed by atoms with Crippen molar-refractivity contribution in [1.29, 1.82) is 0 Å². The molecule has 0 amide bonds. The summed E-state index contributed by atoms with van der Waals surface area (Å²) in [6.07, 6.45) is 4.19. The second-order valence-electron chi connectivity index (χ2n) is 7.74. The molecule has 0 heterocycles. The summed E-state index contributed by atoms with van der Waals surface area (Å²) in [5.74, 6) is 1.48. The summed E-state index contributed by atoms with van der Waals surface area (Å²) in [4.78, 5) is 10.9. The molecule has 3 atom stereocenters. The molecule has 0 radical (unpaired) electrons. The van der Waals surface area contributed by atoms with Gasteiger partial charge >= 0.3 is 0 Å². The molecule has 0 saturated carbocycles. The van der Waals surface area contributed by atoms with Gasteiger partial charge in [0.05, 0.1) is 13.1 Å². The summed E-state index contributed by atoms with van der Waals surface area (Å²) in [6.45, 7) is 6.57. The maximum absolute atomic E-state index is 10.9. The number of rotatable bonds is 12. The quantitative estimate of drug-likeness (QED) is 0.142. The van der Waals surface area contributed by atoms with Gasteiger partial charge in [0.2, 0.25) is 0 Å². The molecular formula is C23H30N2O3P2S2. The molecule has 2 rings (SSSR count). The molecule has 2 aromatic rings. The number of benzene rings is 2. The van der Waals surface area contributed by atoms with E-state index in [0.29, 0.717) is 11.3 Å². The fourth-order valence-corrected chi connectivity index (χ4v) is 5.55. The number of hydrazone groups is 1. The highest BCUT2D eigenvalue weighted by atomic mass is 32.4. The van der Waals surface area contributed by atoms with Crippen LogP contribution in [0, 0.1) is 0 Å². The first kappa shape index (κ1) is 26.6. The molecule has 172 valence electrons. The Kier molecular flexibility index (Phi) is 9.97. The van der Waals surface area contributed by atoms with Crippen molar-refractivity contribution >= 4 is 50.3 Å². The average Bonchev–Trinajstić information content (AvgIpc) is 2.83. The smallest absolute Gasteiger partial charge is 0.157 e. The molecular weight excluding hydrogens is 478 g/mol. The summed E-state index contributed by atoms with van der Waals surface area (Å²) in [5, 5.41) is 3.68. The van der Waals surface area contributed by atoms with E-state index < -0.39 is 12.2 Å². The second kappa shape index (κ2) is 12.0. The third-order valence-corrected chi connectivity index (χ3v) is 11.3. The third kappa shape index (κ3) is 7.18. The van der Waals surface area contributed by atoms with E-state index in [1.807, 2.05) is 49.9 Å². The van der Waals surface area contributed by atoms with Gasteiger partial charge in [-0.2, -0.15) is 5.10 Å². The van der Waals surface area contributed by atoms with E-state index in [1.165, 1.54) is 0 Å². The zero-order chi connectivity index (χ0) is 23.8. The van der Waals surface area contributed by atoms with Crippen molar-refractivity contribution in [2.45, 2.75) is 51.2 Å². The first-order chi connectivity index (χ1) is 15.2. The molecule has 0 aromatic heterocycles. The van der Waals surface area contributed by atoms with Crippen molar-refractivity contribution in [1.82, 2.24) is 4.78 Å². The Bertz CT molecular complexity index is 970. The van der Waals surface area contributed by atoms with Gasteiger partial charge in [0.15, 0.2) is 5.34 Å². The van der Waals surface area contributed by atoms with Gasteiger partial charge in [0.1, 0.15) is 23.1 Å². The topological polar surface area (TPSA) is 51.1 Å². The monoisotopic (exact) mass is 508 g/mol. The minimum Gasteiger partial charge on any atom is -0.481 e. The van der Waals surface area contributed by atoms with Crippen LogP contribution in [0.5, 0.6) is 11.5 Å². The van der Waals surface area contributed by atoms with E-state index >= 15 is 0 Å². The first-order valence-electron chi connectivity index (χ1n) is 10.4. The van der Waals surface area contributed by atoms with Crippen LogP contribution in [-0.2, 0) is 23.6 Å². The first-order valence-corrected chi connectivity index (χ1v) is 14.9. The number of ether oxygens (including phenoxy) is 2. The molecule has 3 unspecified atom stereocenters. The maximum Gasteiger partial charge on any atom is 0.157 e. The van der Waals surface area contributed by atoms with E-state index in [-0.39, 0.29) is 5.34 Å². The minimum absolute atomic E-state index is 0.358. The van der Waals surface area contributed by atoms with E-state index in [4.69, 9.17) is 33.1 Å². The molecule has 0 spiro atoms. The summed E-state index contributed by atoms with van der Waals surface area (Å²) in [5.41, 5.74) is 1.56. The zero-order valence-corrected chi connectivity index (χ0v) is 22.6. The lowest BCUT2D eigenvalue weighted by Gasteiger charge is -2.34. The Balaban J connectivity index is 2.07. The molecule has 0 saturated heterocycles. The van der Waals surface area contributed by atoms with Crippen molar-refractivity contribution in [2.24, 2.45) is 5.10 Å². The predicted octanol–water partition coefficient (Wildman–Crippen LogP) is 6.47. The number of hydrogen-bond donors (Lipinski definition) is 0. The number of carbonyl (C=O) groups excluding carboxylic acids is 1. The van der Waals surface area contributed by atoms with Gasteiger partial charge in [0, 0.05) is 20.0 Å². The third-order valence-electron chi connectivity index (χ3n) is 5.23. The van der Waals surface area contributed by atoms with Crippen LogP contribution in [0.4, 0.5) is 0 Å². The summed E-state index contributed by atoms with van der Waals surface area (Å²) >= 11 is 11.1. The van der Waals surface area contributed by atoms with Crippen LogP contribution in [0.3, 0.4) is 0 Å². The lowest BCUT2D eigenvalue weighted by Crippen LogP contribution is -2.30. The van der Waals surface area contributed by atoms with E-state index in [2.05, 4.69) is 18.9 Å². The van der Waals surface area contributed by atoms with Crippen LogP contribution in [0.1, 0.15) is 56.5 Å². The molecule has 0 N–H and O–H groups in total. The van der Waals surface area contributed by atoms with Crippen LogP contribution < -0.4 is 9.47 Å². The molecule has 2 aromatic carbocycles. The fraction of sp³-hybridized carbons (Fsp3) is 0.391. The maximum atomic E-state index is 10.9. The average molecular weight is 509 g/mol. The van der Waals surface area contributed by atoms with Gasteiger partial charge < -0.3 is 9.47 Å². The summed E-state index contributed by atoms with van der Waals surface area (Å²) in [6, 6.07) is 14.8. The van der Waals surface area contributed by atoms with Crippen LogP contribution >= 0.6 is 14.2 Å². The summed E-state index contributed by atoms with van der Waals surface area (Å²) < 4.78 is 14.1. The molecule has 0 fully saturated rings. The fourth-order valence-electron chi connectivity index (χ4n) is 2.72. The van der Waals surface area contributed by atoms with Crippen molar-refractivity contribution in [3.8, 4) is 11.5 Å². The molecule has 0 aliphatic rings. The van der Waals surface area contributed by atoms with Crippen molar-refractivity contribution in [2.75, 3.05) is 7.05 Å². The number of nitrogens with zero attached hydrogens (tertiary/aromatic N) is 2. The van der Waals surface area contributed by atoms with E-state index in [1.54, 1.807) is 30.5 Å². The van der Waals surface area contributed by atoms with Crippen molar-refractivity contribution in [3.05, 3.63) is 59.7 Å². The van der Waals surface area contributed by atoms with Gasteiger partial charge in [-0.15, -0.1) is 0 Å². The van der Waals surface area contributed by atoms with E-state index in [0.717, 1.165) is 37.8 Å². The zero-order valence-electron chi connectivity index (χ0n) is 19.1. The standard InChI is InChI=1S/C23H30N2O3P2S2/c1-6-22(3,29-31)27-20-12-8-18(9-13-20)16-24-25(5)30(32)23(4,7-2)28-21-14-10-19(17-26)11-15-21/h8-17,30H,6-7H2,1-5H3/b24-16+. The van der Waals surface area contributed by atoms with Crippen LogP contribution in [-0.4, -0.2) is 35.0 Å². The van der Waals surface area contributed by atoms with Crippen molar-refractivity contribution in [3.63, 3.8) is 0 Å². The van der Waals surface area contributed by atoms with E-state index in [9.17, 15) is 4.79 Å². The largest absolute Gasteiger partial charge is 0.481 e. The van der Waals surface area contributed by atoms with Gasteiger partial charge in [-0.05, 0) is 80.8 Å². The Hall–Kier alpha value is -1.65. The van der Waals surface area contributed by atoms with Crippen LogP contribution in [0.15, 0.2) is 53.6 Å². The number of carbonyl (C=O) groups is 1. The highest BCUT2D eigenvalue weighted by Gasteiger charge is 2.31. The lowest BCUT2D eigenvalue weighted by atomic mass is 10.2. The molecule has 0 bridgehead atoms.